The van der Waals surface area contributed by atoms with Crippen molar-refractivity contribution in [2.24, 2.45) is 5.92 Å². The predicted molar refractivity (Wildman–Crippen MR) is 39.3 cm³/mol. The average Bonchev–Trinajstić information content (AvgIpc) is 1.82. The van der Waals surface area contributed by atoms with Gasteiger partial charge in [0.05, 0.1) is 0 Å². The highest BCUT2D eigenvalue weighted by Crippen LogP contribution is 2.02. The topological polar surface area (TPSA) is 17.1 Å². The second-order valence-electron chi connectivity index (χ2n) is 2.32. The SMILES string of the molecule is C/C=C/CC(C)C(C)=O. The van der Waals surface area contributed by atoms with Crippen LogP contribution in [0.4, 0.5) is 0 Å². The maximum absolute atomic E-state index is 10.6. The minimum absolute atomic E-state index is 0.196. The summed E-state index contributed by atoms with van der Waals surface area (Å²) < 4.78 is 0. The number of ketones is 1. The summed E-state index contributed by atoms with van der Waals surface area (Å²) >= 11 is 0. The van der Waals surface area contributed by atoms with Crippen LogP contribution in [0.1, 0.15) is 27.2 Å². The lowest BCUT2D eigenvalue weighted by Crippen LogP contribution is -2.03. The Labute approximate surface area is 56.8 Å². The largest absolute Gasteiger partial charge is 0.300 e. The van der Waals surface area contributed by atoms with Crippen LogP contribution in [0.15, 0.2) is 12.2 Å². The fourth-order valence-corrected chi connectivity index (χ4v) is 0.506. The molecule has 0 saturated carbocycles. The molecule has 9 heavy (non-hydrogen) atoms. The van der Waals surface area contributed by atoms with Crippen molar-refractivity contribution in [2.45, 2.75) is 27.2 Å². The Morgan fingerprint density at radius 3 is 2.56 bits per heavy atom. The Morgan fingerprint density at radius 1 is 1.67 bits per heavy atom. The Hall–Kier alpha value is -0.590. The monoisotopic (exact) mass is 126 g/mol. The lowest BCUT2D eigenvalue weighted by atomic mass is 10.0. The van der Waals surface area contributed by atoms with Crippen molar-refractivity contribution in [3.05, 3.63) is 12.2 Å². The highest BCUT2D eigenvalue weighted by Gasteiger charge is 2.02. The second-order valence-corrected chi connectivity index (χ2v) is 2.32. The van der Waals surface area contributed by atoms with Gasteiger partial charge < -0.3 is 0 Å². The first-order valence-corrected chi connectivity index (χ1v) is 3.30. The number of rotatable bonds is 3. The molecule has 0 radical (unpaired) electrons. The van der Waals surface area contributed by atoms with Crippen LogP contribution in [0.3, 0.4) is 0 Å². The highest BCUT2D eigenvalue weighted by atomic mass is 16.1. The maximum atomic E-state index is 10.6. The van der Waals surface area contributed by atoms with E-state index in [2.05, 4.69) is 0 Å². The molecule has 1 heteroatoms. The molecule has 1 unspecified atom stereocenters. The van der Waals surface area contributed by atoms with Crippen molar-refractivity contribution in [1.82, 2.24) is 0 Å². The number of Topliss-reactive ketones (excluding diaryl/α,β-unsaturated/α-hetero) is 1. The molecule has 0 aromatic rings. The molecule has 0 aromatic carbocycles. The molecule has 0 aliphatic carbocycles. The van der Waals surface area contributed by atoms with Gasteiger partial charge in [0, 0.05) is 5.92 Å². The van der Waals surface area contributed by atoms with Gasteiger partial charge in [0.2, 0.25) is 0 Å². The number of carbonyl (C=O) groups is 1. The van der Waals surface area contributed by atoms with Crippen LogP contribution in [0.2, 0.25) is 0 Å². The standard InChI is InChI=1S/C8H14O/c1-4-5-6-7(2)8(3)9/h4-5,7H,6H2,1-3H3/b5-4+. The van der Waals surface area contributed by atoms with E-state index >= 15 is 0 Å². The lowest BCUT2D eigenvalue weighted by molar-refractivity contribution is -0.120. The van der Waals surface area contributed by atoms with Crippen molar-refractivity contribution in [3.63, 3.8) is 0 Å². The summed E-state index contributed by atoms with van der Waals surface area (Å²) in [4.78, 5) is 10.6. The summed E-state index contributed by atoms with van der Waals surface area (Å²) in [6.45, 7) is 5.54. The van der Waals surface area contributed by atoms with Gasteiger partial charge in [-0.1, -0.05) is 19.1 Å². The molecule has 0 spiro atoms. The molecule has 0 N–H and O–H groups in total. The smallest absolute Gasteiger partial charge is 0.132 e. The molecule has 0 saturated heterocycles. The number of carbonyl (C=O) groups excluding carboxylic acids is 1. The normalized spacial score (nSPS) is 14.1. The zero-order valence-electron chi connectivity index (χ0n) is 6.35. The average molecular weight is 126 g/mol. The minimum atomic E-state index is 0.196. The van der Waals surface area contributed by atoms with Crippen molar-refractivity contribution < 1.29 is 4.79 Å². The molecule has 0 aromatic heterocycles. The second kappa shape index (κ2) is 4.30. The third kappa shape index (κ3) is 3.95. The number of allylic oxidation sites excluding steroid dienone is 2. The molecule has 0 aliphatic rings. The van der Waals surface area contributed by atoms with E-state index < -0.39 is 0 Å². The van der Waals surface area contributed by atoms with Gasteiger partial charge in [0.1, 0.15) is 5.78 Å². The quantitative estimate of drug-likeness (QED) is 0.530. The highest BCUT2D eigenvalue weighted by molar-refractivity contribution is 5.77. The van der Waals surface area contributed by atoms with Gasteiger partial charge in [0.25, 0.3) is 0 Å². The molecular weight excluding hydrogens is 112 g/mol. The third-order valence-electron chi connectivity index (χ3n) is 1.42. The molecule has 52 valence electrons. The van der Waals surface area contributed by atoms with E-state index in [-0.39, 0.29) is 11.7 Å². The summed E-state index contributed by atoms with van der Waals surface area (Å²) in [6, 6.07) is 0. The van der Waals surface area contributed by atoms with Crippen LogP contribution < -0.4 is 0 Å². The van der Waals surface area contributed by atoms with Crippen LogP contribution in [-0.2, 0) is 4.79 Å². The Bertz CT molecular complexity index is 114. The van der Waals surface area contributed by atoms with Gasteiger partial charge in [-0.25, -0.2) is 0 Å². The summed E-state index contributed by atoms with van der Waals surface area (Å²) in [5.41, 5.74) is 0. The van der Waals surface area contributed by atoms with E-state index in [1.54, 1.807) is 6.92 Å². The summed E-state index contributed by atoms with van der Waals surface area (Å²) in [5.74, 6) is 0.467. The predicted octanol–water partition coefficient (Wildman–Crippen LogP) is 2.18. The molecule has 1 atom stereocenters. The van der Waals surface area contributed by atoms with Gasteiger partial charge in [-0.3, -0.25) is 4.79 Å². The minimum Gasteiger partial charge on any atom is -0.300 e. The molecule has 0 bridgehead atoms. The van der Waals surface area contributed by atoms with Gasteiger partial charge in [0.15, 0.2) is 0 Å². The van der Waals surface area contributed by atoms with Gasteiger partial charge in [-0.15, -0.1) is 0 Å². The van der Waals surface area contributed by atoms with Crippen molar-refractivity contribution in [1.29, 1.82) is 0 Å². The zero-order valence-corrected chi connectivity index (χ0v) is 6.35. The van der Waals surface area contributed by atoms with E-state index in [1.807, 2.05) is 26.0 Å². The van der Waals surface area contributed by atoms with E-state index in [4.69, 9.17) is 0 Å². The molecular formula is C8H14O. The Balaban J connectivity index is 3.50. The van der Waals surface area contributed by atoms with E-state index in [1.165, 1.54) is 0 Å². The zero-order chi connectivity index (χ0) is 7.28. The summed E-state index contributed by atoms with van der Waals surface area (Å²) in [6.07, 6.45) is 4.87. The fourth-order valence-electron chi connectivity index (χ4n) is 0.506. The fraction of sp³-hybridized carbons (Fsp3) is 0.625. The van der Waals surface area contributed by atoms with Crippen molar-refractivity contribution in [3.8, 4) is 0 Å². The third-order valence-corrected chi connectivity index (χ3v) is 1.42. The Morgan fingerprint density at radius 2 is 2.22 bits per heavy atom. The van der Waals surface area contributed by atoms with Gasteiger partial charge >= 0.3 is 0 Å². The van der Waals surface area contributed by atoms with Crippen LogP contribution >= 0.6 is 0 Å². The lowest BCUT2D eigenvalue weighted by Gasteiger charge is -2.00. The number of hydrogen-bond donors (Lipinski definition) is 0. The van der Waals surface area contributed by atoms with E-state index in [0.717, 1.165) is 6.42 Å². The first-order chi connectivity index (χ1) is 4.18. The van der Waals surface area contributed by atoms with E-state index in [9.17, 15) is 4.79 Å². The first kappa shape index (κ1) is 8.41. The number of hydrogen-bond acceptors (Lipinski definition) is 1. The van der Waals surface area contributed by atoms with Crippen molar-refractivity contribution >= 4 is 5.78 Å². The first-order valence-electron chi connectivity index (χ1n) is 3.30. The summed E-state index contributed by atoms with van der Waals surface area (Å²) in [7, 11) is 0. The molecule has 0 heterocycles. The molecule has 0 rings (SSSR count). The van der Waals surface area contributed by atoms with Gasteiger partial charge in [-0.2, -0.15) is 0 Å². The Kier molecular flexibility index (Phi) is 4.02. The molecule has 0 fully saturated rings. The van der Waals surface area contributed by atoms with Gasteiger partial charge in [-0.05, 0) is 20.3 Å². The molecule has 1 nitrogen and oxygen atoms in total. The van der Waals surface area contributed by atoms with Crippen LogP contribution in [0, 0.1) is 5.92 Å². The van der Waals surface area contributed by atoms with Crippen LogP contribution in [-0.4, -0.2) is 5.78 Å². The van der Waals surface area contributed by atoms with E-state index in [0.29, 0.717) is 0 Å². The van der Waals surface area contributed by atoms with Crippen molar-refractivity contribution in [2.75, 3.05) is 0 Å². The maximum Gasteiger partial charge on any atom is 0.132 e. The van der Waals surface area contributed by atoms with Crippen LogP contribution in [0.5, 0.6) is 0 Å². The molecule has 0 amide bonds. The summed E-state index contributed by atoms with van der Waals surface area (Å²) in [5, 5.41) is 0. The van der Waals surface area contributed by atoms with Crippen LogP contribution in [0.25, 0.3) is 0 Å². The molecule has 0 aliphatic heterocycles.